The predicted molar refractivity (Wildman–Crippen MR) is 123 cm³/mol. The zero-order valence-corrected chi connectivity index (χ0v) is 18.8. The Morgan fingerprint density at radius 1 is 1.06 bits per heavy atom. The average molecular weight is 456 g/mol. The van der Waals surface area contributed by atoms with Crippen molar-refractivity contribution in [1.82, 2.24) is 4.90 Å². The van der Waals surface area contributed by atoms with Crippen LogP contribution in [0.4, 0.5) is 14.9 Å². The number of fused-ring (bicyclic) bond motifs is 1. The first kappa shape index (κ1) is 24.2. The zero-order chi connectivity index (χ0) is 23.8. The smallest absolute Gasteiger partial charge is 0.396 e. The van der Waals surface area contributed by atoms with Gasteiger partial charge in [-0.1, -0.05) is 43.5 Å². The minimum Gasteiger partial charge on any atom is -0.459 e. The number of carbonyl (C=O) groups is 3. The maximum Gasteiger partial charge on any atom is 0.396 e. The number of urea groups is 1. The van der Waals surface area contributed by atoms with Crippen LogP contribution in [-0.2, 0) is 27.4 Å². The fourth-order valence-electron chi connectivity index (χ4n) is 4.20. The Balaban J connectivity index is 0.000000331. The molecule has 0 unspecified atom stereocenters. The van der Waals surface area contributed by atoms with Gasteiger partial charge >= 0.3 is 17.9 Å². The van der Waals surface area contributed by atoms with E-state index in [-0.39, 0.29) is 18.5 Å². The van der Waals surface area contributed by atoms with Crippen molar-refractivity contribution in [1.29, 1.82) is 0 Å². The standard InChI is InChI=1S/C21H23FN2O.C4H7NO3/c22-20-8-4-7-17-13-24(14-19(17)20)21(25)23-18-11-9-16(10-12-18)15-5-2-1-3-6-15;1-2-8-4(7)3(5)6/h4,7-12,15H,1-3,5-6,13-14H2,(H,23,25);2H2,1H3,(H2,5,6). The topological polar surface area (TPSA) is 102 Å². The molecule has 0 atom stereocenters. The van der Waals surface area contributed by atoms with E-state index >= 15 is 0 Å². The molecule has 0 radical (unpaired) electrons. The second kappa shape index (κ2) is 11.4. The van der Waals surface area contributed by atoms with E-state index in [9.17, 15) is 18.8 Å². The van der Waals surface area contributed by atoms with E-state index in [1.54, 1.807) is 17.9 Å². The van der Waals surface area contributed by atoms with Gasteiger partial charge in [0.2, 0.25) is 0 Å². The molecular weight excluding hydrogens is 425 g/mol. The Labute approximate surface area is 193 Å². The molecule has 1 saturated carbocycles. The molecule has 2 aliphatic rings. The number of nitrogens with zero attached hydrogens (tertiary/aromatic N) is 1. The van der Waals surface area contributed by atoms with Crippen LogP contribution in [0, 0.1) is 5.82 Å². The van der Waals surface area contributed by atoms with Gasteiger partial charge in [-0.2, -0.15) is 0 Å². The summed E-state index contributed by atoms with van der Waals surface area (Å²) in [6.07, 6.45) is 6.51. The summed E-state index contributed by atoms with van der Waals surface area (Å²) in [5, 5.41) is 2.93. The van der Waals surface area contributed by atoms with Gasteiger partial charge in [0.15, 0.2) is 0 Å². The molecule has 0 spiro atoms. The van der Waals surface area contributed by atoms with Crippen molar-refractivity contribution in [2.45, 2.75) is 58.0 Å². The van der Waals surface area contributed by atoms with Crippen LogP contribution in [0.15, 0.2) is 42.5 Å². The highest BCUT2D eigenvalue weighted by Gasteiger charge is 2.25. The van der Waals surface area contributed by atoms with Crippen molar-refractivity contribution in [3.8, 4) is 0 Å². The molecule has 176 valence electrons. The van der Waals surface area contributed by atoms with E-state index in [4.69, 9.17) is 0 Å². The zero-order valence-electron chi connectivity index (χ0n) is 18.8. The van der Waals surface area contributed by atoms with E-state index in [1.165, 1.54) is 43.7 Å². The third-order valence-corrected chi connectivity index (χ3v) is 5.93. The Morgan fingerprint density at radius 2 is 1.76 bits per heavy atom. The van der Waals surface area contributed by atoms with Crippen molar-refractivity contribution in [3.05, 3.63) is 65.0 Å². The lowest BCUT2D eigenvalue weighted by Gasteiger charge is -2.22. The summed E-state index contributed by atoms with van der Waals surface area (Å²) in [5.74, 6) is -1.60. The van der Waals surface area contributed by atoms with Gasteiger partial charge in [-0.25, -0.2) is 14.0 Å². The number of halogens is 1. The Kier molecular flexibility index (Phi) is 8.40. The number of hydrogen-bond acceptors (Lipinski definition) is 4. The molecule has 1 fully saturated rings. The summed E-state index contributed by atoms with van der Waals surface area (Å²) in [7, 11) is 0. The lowest BCUT2D eigenvalue weighted by atomic mass is 9.84. The summed E-state index contributed by atoms with van der Waals surface area (Å²) < 4.78 is 18.0. The fraction of sp³-hybridized carbons (Fsp3) is 0.400. The summed E-state index contributed by atoms with van der Waals surface area (Å²) in [5.41, 5.74) is 8.19. The number of benzene rings is 2. The van der Waals surface area contributed by atoms with Crippen LogP contribution >= 0.6 is 0 Å². The van der Waals surface area contributed by atoms with Crippen LogP contribution in [0.5, 0.6) is 0 Å². The first-order chi connectivity index (χ1) is 15.9. The van der Waals surface area contributed by atoms with Crippen molar-refractivity contribution >= 4 is 23.6 Å². The number of rotatable bonds is 3. The largest absolute Gasteiger partial charge is 0.459 e. The molecule has 33 heavy (non-hydrogen) atoms. The lowest BCUT2D eigenvalue weighted by Crippen LogP contribution is -2.30. The van der Waals surface area contributed by atoms with Gasteiger partial charge in [0.05, 0.1) is 13.2 Å². The number of anilines is 1. The molecule has 8 heteroatoms. The minimum atomic E-state index is -1.05. The molecule has 3 amide bonds. The molecule has 1 aliphatic heterocycles. The number of primary amides is 1. The highest BCUT2D eigenvalue weighted by molar-refractivity contribution is 6.31. The molecule has 1 heterocycles. The molecule has 0 bridgehead atoms. The molecule has 0 saturated heterocycles. The van der Waals surface area contributed by atoms with Gasteiger partial charge in [0.1, 0.15) is 5.82 Å². The summed E-state index contributed by atoms with van der Waals surface area (Å²) in [4.78, 5) is 34.0. The molecule has 7 nitrogen and oxygen atoms in total. The van der Waals surface area contributed by atoms with Gasteiger partial charge in [0.25, 0.3) is 0 Å². The molecule has 3 N–H and O–H groups in total. The van der Waals surface area contributed by atoms with Gasteiger partial charge in [-0.05, 0) is 55.0 Å². The third-order valence-electron chi connectivity index (χ3n) is 5.93. The monoisotopic (exact) mass is 455 g/mol. The number of ether oxygens (including phenoxy) is 1. The second-order valence-corrected chi connectivity index (χ2v) is 8.21. The molecule has 1 aliphatic carbocycles. The van der Waals surface area contributed by atoms with Crippen LogP contribution in [0.1, 0.15) is 61.6 Å². The van der Waals surface area contributed by atoms with Crippen LogP contribution in [-0.4, -0.2) is 29.4 Å². The average Bonchev–Trinajstić information content (AvgIpc) is 3.27. The van der Waals surface area contributed by atoms with E-state index < -0.39 is 11.9 Å². The highest BCUT2D eigenvalue weighted by Crippen LogP contribution is 2.33. The maximum absolute atomic E-state index is 13.8. The van der Waals surface area contributed by atoms with Crippen LogP contribution < -0.4 is 11.1 Å². The van der Waals surface area contributed by atoms with E-state index in [0.717, 1.165) is 11.3 Å². The van der Waals surface area contributed by atoms with Crippen molar-refractivity contribution in [2.24, 2.45) is 5.73 Å². The van der Waals surface area contributed by atoms with Crippen molar-refractivity contribution in [3.63, 3.8) is 0 Å². The Hall–Kier alpha value is -3.42. The number of nitrogens with one attached hydrogen (secondary N) is 1. The van der Waals surface area contributed by atoms with E-state index in [0.29, 0.717) is 24.6 Å². The lowest BCUT2D eigenvalue weighted by molar-refractivity contribution is -0.153. The molecule has 2 aromatic rings. The van der Waals surface area contributed by atoms with Crippen LogP contribution in [0.3, 0.4) is 0 Å². The van der Waals surface area contributed by atoms with Gasteiger partial charge < -0.3 is 20.7 Å². The van der Waals surface area contributed by atoms with Gasteiger partial charge in [0, 0.05) is 17.8 Å². The molecule has 2 aromatic carbocycles. The Bertz CT molecular complexity index is 988. The molecular formula is C25H30FN3O4. The third kappa shape index (κ3) is 6.54. The fourth-order valence-corrected chi connectivity index (χ4v) is 4.20. The summed E-state index contributed by atoms with van der Waals surface area (Å²) in [6.45, 7) is 2.57. The van der Waals surface area contributed by atoms with Crippen LogP contribution in [0.2, 0.25) is 0 Å². The highest BCUT2D eigenvalue weighted by atomic mass is 19.1. The molecule has 0 aromatic heterocycles. The molecule has 4 rings (SSSR count). The number of esters is 1. The van der Waals surface area contributed by atoms with Crippen LogP contribution in [0.25, 0.3) is 0 Å². The van der Waals surface area contributed by atoms with Gasteiger partial charge in [-0.15, -0.1) is 0 Å². The van der Waals surface area contributed by atoms with Crippen molar-refractivity contribution in [2.75, 3.05) is 11.9 Å². The summed E-state index contributed by atoms with van der Waals surface area (Å²) in [6, 6.07) is 13.1. The maximum atomic E-state index is 13.8. The quantitative estimate of drug-likeness (QED) is 0.527. The number of carbonyl (C=O) groups excluding carboxylic acids is 3. The SMILES string of the molecule is CCOC(=O)C(N)=O.O=C(Nc1ccc(C2CCCCC2)cc1)N1Cc2cccc(F)c2C1. The number of nitrogens with two attached hydrogens (primary N) is 1. The first-order valence-corrected chi connectivity index (χ1v) is 11.3. The van der Waals surface area contributed by atoms with Gasteiger partial charge in [-0.3, -0.25) is 4.79 Å². The Morgan fingerprint density at radius 3 is 2.33 bits per heavy atom. The minimum absolute atomic E-state index is 0.180. The first-order valence-electron chi connectivity index (χ1n) is 11.3. The second-order valence-electron chi connectivity index (χ2n) is 8.21. The number of amides is 3. The van der Waals surface area contributed by atoms with E-state index in [1.807, 2.05) is 18.2 Å². The number of hydrogen-bond donors (Lipinski definition) is 2. The normalized spacial score (nSPS) is 15.2. The van der Waals surface area contributed by atoms with E-state index in [2.05, 4.69) is 27.9 Å². The summed E-state index contributed by atoms with van der Waals surface area (Å²) >= 11 is 0. The predicted octanol–water partition coefficient (Wildman–Crippen LogP) is 4.46. The van der Waals surface area contributed by atoms with Crippen molar-refractivity contribution < 1.29 is 23.5 Å².